The van der Waals surface area contributed by atoms with Gasteiger partial charge in [0.2, 0.25) is 0 Å². The molecule has 0 aliphatic carbocycles. The molecule has 0 bridgehead atoms. The molecular formula is C13H18N2O2. The van der Waals surface area contributed by atoms with E-state index in [1.807, 2.05) is 19.1 Å². The standard InChI is InChI=1S/C13H18N2O2/c1-3-4-5-8-15-13(16)11-7-6-10(14)9-12(11)17-2/h3-4,6-7,9H,5,8,14H2,1-2H3,(H,15,16)/b4-3+. The van der Waals surface area contributed by atoms with Gasteiger partial charge in [-0.2, -0.15) is 0 Å². The third-order valence-electron chi connectivity index (χ3n) is 2.30. The van der Waals surface area contributed by atoms with Crippen molar-refractivity contribution in [1.82, 2.24) is 5.32 Å². The molecule has 0 spiro atoms. The van der Waals surface area contributed by atoms with Gasteiger partial charge in [0.05, 0.1) is 12.7 Å². The van der Waals surface area contributed by atoms with Crippen molar-refractivity contribution in [2.45, 2.75) is 13.3 Å². The van der Waals surface area contributed by atoms with E-state index in [-0.39, 0.29) is 5.91 Å². The van der Waals surface area contributed by atoms with Crippen molar-refractivity contribution >= 4 is 11.6 Å². The molecule has 17 heavy (non-hydrogen) atoms. The summed E-state index contributed by atoms with van der Waals surface area (Å²) in [6.45, 7) is 2.56. The van der Waals surface area contributed by atoms with Gasteiger partial charge >= 0.3 is 0 Å². The lowest BCUT2D eigenvalue weighted by atomic mass is 10.1. The van der Waals surface area contributed by atoms with Gasteiger partial charge in [-0.1, -0.05) is 12.2 Å². The fourth-order valence-electron chi connectivity index (χ4n) is 1.43. The molecule has 4 heteroatoms. The molecule has 3 N–H and O–H groups in total. The average Bonchev–Trinajstić information content (AvgIpc) is 2.34. The number of carbonyl (C=O) groups is 1. The second-order valence-electron chi connectivity index (χ2n) is 3.57. The van der Waals surface area contributed by atoms with Crippen LogP contribution in [-0.4, -0.2) is 19.6 Å². The molecule has 0 saturated carbocycles. The maximum atomic E-state index is 11.8. The summed E-state index contributed by atoms with van der Waals surface area (Å²) in [4.78, 5) is 11.8. The Morgan fingerprint density at radius 3 is 2.94 bits per heavy atom. The average molecular weight is 234 g/mol. The Balaban J connectivity index is 2.68. The Bertz CT molecular complexity index is 414. The Labute approximate surface area is 101 Å². The molecule has 0 aliphatic rings. The van der Waals surface area contributed by atoms with Crippen LogP contribution < -0.4 is 15.8 Å². The molecule has 0 radical (unpaired) electrons. The minimum Gasteiger partial charge on any atom is -0.496 e. The van der Waals surface area contributed by atoms with Crippen LogP contribution in [0, 0.1) is 0 Å². The number of rotatable bonds is 5. The summed E-state index contributed by atoms with van der Waals surface area (Å²) in [5, 5.41) is 2.82. The van der Waals surface area contributed by atoms with Crippen LogP contribution in [0.25, 0.3) is 0 Å². The highest BCUT2D eigenvalue weighted by molar-refractivity contribution is 5.97. The molecule has 0 saturated heterocycles. The monoisotopic (exact) mass is 234 g/mol. The van der Waals surface area contributed by atoms with Crippen molar-refractivity contribution < 1.29 is 9.53 Å². The number of carbonyl (C=O) groups excluding carboxylic acids is 1. The lowest BCUT2D eigenvalue weighted by molar-refractivity contribution is 0.0951. The first-order chi connectivity index (χ1) is 8.19. The summed E-state index contributed by atoms with van der Waals surface area (Å²) in [7, 11) is 1.52. The molecule has 0 aromatic heterocycles. The Morgan fingerprint density at radius 2 is 2.29 bits per heavy atom. The second-order valence-corrected chi connectivity index (χ2v) is 3.57. The van der Waals surface area contributed by atoms with Crippen LogP contribution in [0.1, 0.15) is 23.7 Å². The maximum Gasteiger partial charge on any atom is 0.255 e. The number of ether oxygens (including phenoxy) is 1. The minimum absolute atomic E-state index is 0.147. The first kappa shape index (κ1) is 13.1. The zero-order valence-electron chi connectivity index (χ0n) is 10.2. The third-order valence-corrected chi connectivity index (χ3v) is 2.30. The van der Waals surface area contributed by atoms with Gasteiger partial charge < -0.3 is 15.8 Å². The normalized spacial score (nSPS) is 10.5. The number of allylic oxidation sites excluding steroid dienone is 1. The predicted molar refractivity (Wildman–Crippen MR) is 69.2 cm³/mol. The van der Waals surface area contributed by atoms with Crippen LogP contribution in [-0.2, 0) is 0 Å². The van der Waals surface area contributed by atoms with E-state index in [9.17, 15) is 4.79 Å². The smallest absolute Gasteiger partial charge is 0.255 e. The molecule has 0 unspecified atom stereocenters. The summed E-state index contributed by atoms with van der Waals surface area (Å²) in [6, 6.07) is 4.99. The second kappa shape index (κ2) is 6.58. The van der Waals surface area contributed by atoms with Gasteiger partial charge in [-0.05, 0) is 25.5 Å². The van der Waals surface area contributed by atoms with Crippen molar-refractivity contribution in [2.75, 3.05) is 19.4 Å². The first-order valence-corrected chi connectivity index (χ1v) is 5.52. The Kier molecular flexibility index (Phi) is 5.07. The number of anilines is 1. The summed E-state index contributed by atoms with van der Waals surface area (Å²) >= 11 is 0. The van der Waals surface area contributed by atoms with E-state index in [0.29, 0.717) is 23.5 Å². The topological polar surface area (TPSA) is 64.4 Å². The van der Waals surface area contributed by atoms with Crippen LogP contribution in [0.4, 0.5) is 5.69 Å². The van der Waals surface area contributed by atoms with E-state index in [1.54, 1.807) is 18.2 Å². The summed E-state index contributed by atoms with van der Waals surface area (Å²) in [5.41, 5.74) is 6.70. The zero-order valence-corrected chi connectivity index (χ0v) is 10.2. The Morgan fingerprint density at radius 1 is 1.53 bits per heavy atom. The highest BCUT2D eigenvalue weighted by Crippen LogP contribution is 2.21. The van der Waals surface area contributed by atoms with E-state index < -0.39 is 0 Å². The van der Waals surface area contributed by atoms with Crippen molar-refractivity contribution in [3.05, 3.63) is 35.9 Å². The molecule has 1 amide bonds. The molecular weight excluding hydrogens is 216 g/mol. The maximum absolute atomic E-state index is 11.8. The molecule has 92 valence electrons. The number of hydrogen-bond donors (Lipinski definition) is 2. The third kappa shape index (κ3) is 3.83. The van der Waals surface area contributed by atoms with Gasteiger partial charge in [-0.15, -0.1) is 0 Å². The van der Waals surface area contributed by atoms with E-state index in [4.69, 9.17) is 10.5 Å². The van der Waals surface area contributed by atoms with Crippen molar-refractivity contribution in [3.8, 4) is 5.75 Å². The van der Waals surface area contributed by atoms with Crippen LogP contribution >= 0.6 is 0 Å². The molecule has 4 nitrogen and oxygen atoms in total. The largest absolute Gasteiger partial charge is 0.496 e. The summed E-state index contributed by atoms with van der Waals surface area (Å²) < 4.78 is 5.12. The molecule has 0 aliphatic heterocycles. The van der Waals surface area contributed by atoms with E-state index in [2.05, 4.69) is 5.32 Å². The first-order valence-electron chi connectivity index (χ1n) is 5.52. The van der Waals surface area contributed by atoms with E-state index in [1.165, 1.54) is 7.11 Å². The number of amides is 1. The number of nitrogen functional groups attached to an aromatic ring is 1. The van der Waals surface area contributed by atoms with E-state index in [0.717, 1.165) is 6.42 Å². The van der Waals surface area contributed by atoms with Crippen LogP contribution in [0.2, 0.25) is 0 Å². The van der Waals surface area contributed by atoms with Crippen LogP contribution in [0.3, 0.4) is 0 Å². The number of hydrogen-bond acceptors (Lipinski definition) is 3. The van der Waals surface area contributed by atoms with Gasteiger partial charge in [0, 0.05) is 18.3 Å². The highest BCUT2D eigenvalue weighted by atomic mass is 16.5. The van der Waals surface area contributed by atoms with Gasteiger partial charge in [-0.3, -0.25) is 4.79 Å². The van der Waals surface area contributed by atoms with Crippen molar-refractivity contribution in [2.24, 2.45) is 0 Å². The van der Waals surface area contributed by atoms with Crippen molar-refractivity contribution in [1.29, 1.82) is 0 Å². The van der Waals surface area contributed by atoms with Gasteiger partial charge in [-0.25, -0.2) is 0 Å². The van der Waals surface area contributed by atoms with Crippen LogP contribution in [0.15, 0.2) is 30.4 Å². The lowest BCUT2D eigenvalue weighted by Crippen LogP contribution is -2.24. The molecule has 0 atom stereocenters. The van der Waals surface area contributed by atoms with Gasteiger partial charge in [0.25, 0.3) is 5.91 Å². The fourth-order valence-corrected chi connectivity index (χ4v) is 1.43. The summed E-state index contributed by atoms with van der Waals surface area (Å²) in [5.74, 6) is 0.347. The van der Waals surface area contributed by atoms with Crippen molar-refractivity contribution in [3.63, 3.8) is 0 Å². The molecule has 0 heterocycles. The molecule has 1 aromatic carbocycles. The highest BCUT2D eigenvalue weighted by Gasteiger charge is 2.11. The summed E-state index contributed by atoms with van der Waals surface area (Å²) in [6.07, 6.45) is 4.77. The SMILES string of the molecule is C/C=C/CCNC(=O)c1ccc(N)cc1OC. The minimum atomic E-state index is -0.147. The fraction of sp³-hybridized carbons (Fsp3) is 0.308. The lowest BCUT2D eigenvalue weighted by Gasteiger charge is -2.09. The number of nitrogens with one attached hydrogen (secondary N) is 1. The van der Waals surface area contributed by atoms with Gasteiger partial charge in [0.15, 0.2) is 0 Å². The van der Waals surface area contributed by atoms with Crippen LogP contribution in [0.5, 0.6) is 5.75 Å². The van der Waals surface area contributed by atoms with E-state index >= 15 is 0 Å². The molecule has 1 rings (SSSR count). The number of methoxy groups -OCH3 is 1. The molecule has 1 aromatic rings. The number of nitrogens with two attached hydrogens (primary N) is 1. The van der Waals surface area contributed by atoms with Gasteiger partial charge in [0.1, 0.15) is 5.75 Å². The quantitative estimate of drug-likeness (QED) is 0.465. The molecule has 0 fully saturated rings. The predicted octanol–water partition coefficient (Wildman–Crippen LogP) is 1.97. The Hall–Kier alpha value is -1.97. The number of benzene rings is 1. The zero-order chi connectivity index (χ0) is 12.7.